The molecule has 0 saturated heterocycles. The Bertz CT molecular complexity index is 793. The molecule has 3 rings (SSSR count). The maximum absolute atomic E-state index is 12.3. The fourth-order valence-electron chi connectivity index (χ4n) is 2.36. The molecule has 24 heavy (non-hydrogen) atoms. The predicted octanol–water partition coefficient (Wildman–Crippen LogP) is 2.83. The van der Waals surface area contributed by atoms with Gasteiger partial charge in [-0.05, 0) is 25.4 Å². The number of amides is 1. The van der Waals surface area contributed by atoms with Crippen LogP contribution in [0.15, 0.2) is 35.2 Å². The van der Waals surface area contributed by atoms with Crippen molar-refractivity contribution in [3.63, 3.8) is 0 Å². The van der Waals surface area contributed by atoms with Crippen LogP contribution in [-0.4, -0.2) is 39.2 Å². The number of nitrogens with one attached hydrogen (secondary N) is 1. The quantitative estimate of drug-likeness (QED) is 0.703. The van der Waals surface area contributed by atoms with Crippen LogP contribution in [0.5, 0.6) is 0 Å². The molecule has 0 aliphatic rings. The molecule has 0 aliphatic heterocycles. The fourth-order valence-corrected chi connectivity index (χ4v) is 3.65. The summed E-state index contributed by atoms with van der Waals surface area (Å²) >= 11 is 3.30. The smallest absolute Gasteiger partial charge is 0.239 e. The van der Waals surface area contributed by atoms with Gasteiger partial charge in [0, 0.05) is 22.9 Å². The van der Waals surface area contributed by atoms with E-state index in [-0.39, 0.29) is 5.91 Å². The topological polar surface area (TPSA) is 63.1 Å². The minimum atomic E-state index is -0.0580. The summed E-state index contributed by atoms with van der Waals surface area (Å²) in [7, 11) is 1.91. The number of carbonyl (C=O) groups excluding carboxylic acids is 1. The summed E-state index contributed by atoms with van der Waals surface area (Å²) in [6.45, 7) is 3.61. The van der Waals surface area contributed by atoms with E-state index >= 15 is 0 Å². The van der Waals surface area contributed by atoms with Gasteiger partial charge in [0.25, 0.3) is 0 Å². The first-order valence-corrected chi connectivity index (χ1v) is 9.29. The van der Waals surface area contributed by atoms with Gasteiger partial charge in [0.1, 0.15) is 5.82 Å². The molecule has 0 saturated carbocycles. The van der Waals surface area contributed by atoms with E-state index < -0.39 is 0 Å². The van der Waals surface area contributed by atoms with Gasteiger partial charge in [-0.3, -0.25) is 9.69 Å². The lowest BCUT2D eigenvalue weighted by atomic mass is 10.4. The Hall–Kier alpha value is -2.03. The average molecular weight is 361 g/mol. The van der Waals surface area contributed by atoms with Crippen LogP contribution in [-0.2, 0) is 17.9 Å². The van der Waals surface area contributed by atoms with Crippen molar-refractivity contribution in [2.24, 2.45) is 0 Å². The summed E-state index contributed by atoms with van der Waals surface area (Å²) in [4.78, 5) is 19.8. The summed E-state index contributed by atoms with van der Waals surface area (Å²) in [5.74, 6) is 0.656. The van der Waals surface area contributed by atoms with Crippen molar-refractivity contribution >= 4 is 34.4 Å². The molecule has 3 heterocycles. The molecule has 0 unspecified atom stereocenters. The van der Waals surface area contributed by atoms with Crippen LogP contribution in [0.3, 0.4) is 0 Å². The van der Waals surface area contributed by atoms with Crippen LogP contribution >= 0.6 is 22.7 Å². The third-order valence-electron chi connectivity index (χ3n) is 3.38. The van der Waals surface area contributed by atoms with Gasteiger partial charge in [0.15, 0.2) is 0 Å². The lowest BCUT2D eigenvalue weighted by Crippen LogP contribution is -2.30. The number of nitrogens with zero attached hydrogens (tertiary/aromatic N) is 4. The SMILES string of the molecule is Cc1nc(CN(C)CC(=O)Nc2ccnn2Cc2cccs2)cs1. The summed E-state index contributed by atoms with van der Waals surface area (Å²) in [6, 6.07) is 5.88. The normalized spacial score (nSPS) is 11.1. The van der Waals surface area contributed by atoms with Crippen LogP contribution in [0.1, 0.15) is 15.6 Å². The van der Waals surface area contributed by atoms with Crippen molar-refractivity contribution in [2.75, 3.05) is 18.9 Å². The molecule has 0 aliphatic carbocycles. The first-order valence-electron chi connectivity index (χ1n) is 7.54. The number of anilines is 1. The van der Waals surface area contributed by atoms with E-state index in [9.17, 15) is 4.79 Å². The van der Waals surface area contributed by atoms with E-state index in [1.165, 1.54) is 4.88 Å². The van der Waals surface area contributed by atoms with E-state index in [0.717, 1.165) is 10.7 Å². The molecule has 6 nitrogen and oxygen atoms in total. The highest BCUT2D eigenvalue weighted by Gasteiger charge is 2.12. The number of rotatable bonds is 7. The molecular weight excluding hydrogens is 342 g/mol. The number of likely N-dealkylation sites (N-methyl/N-ethyl adjacent to an activating group) is 1. The number of hydrogen-bond acceptors (Lipinski definition) is 6. The summed E-state index contributed by atoms with van der Waals surface area (Å²) in [5, 5.41) is 12.3. The first kappa shape index (κ1) is 16.8. The zero-order valence-corrected chi connectivity index (χ0v) is 15.2. The number of thiophene rings is 1. The maximum Gasteiger partial charge on any atom is 0.239 e. The zero-order valence-electron chi connectivity index (χ0n) is 13.6. The Labute approximate surface area is 148 Å². The minimum Gasteiger partial charge on any atom is -0.310 e. The van der Waals surface area contributed by atoms with Crippen molar-refractivity contribution in [1.29, 1.82) is 0 Å². The van der Waals surface area contributed by atoms with Crippen LogP contribution in [0, 0.1) is 6.92 Å². The Morgan fingerprint density at radius 3 is 2.96 bits per heavy atom. The molecule has 0 bridgehead atoms. The third kappa shape index (κ3) is 4.50. The van der Waals surface area contributed by atoms with Crippen molar-refractivity contribution in [2.45, 2.75) is 20.0 Å². The molecular formula is C16H19N5OS2. The number of hydrogen-bond donors (Lipinski definition) is 1. The van der Waals surface area contributed by atoms with Gasteiger partial charge in [-0.15, -0.1) is 22.7 Å². The fraction of sp³-hybridized carbons (Fsp3) is 0.312. The van der Waals surface area contributed by atoms with Gasteiger partial charge >= 0.3 is 0 Å². The molecule has 126 valence electrons. The van der Waals surface area contributed by atoms with Crippen LogP contribution in [0.25, 0.3) is 0 Å². The standard InChI is InChI=1S/C16H19N5OS2/c1-12-18-13(11-24-12)8-20(2)10-16(22)19-15-5-6-17-21(15)9-14-4-3-7-23-14/h3-7,11H,8-10H2,1-2H3,(H,19,22). The van der Waals surface area contributed by atoms with Crippen LogP contribution < -0.4 is 5.32 Å². The molecule has 8 heteroatoms. The maximum atomic E-state index is 12.3. The molecule has 0 fully saturated rings. The molecule has 1 N–H and O–H groups in total. The van der Waals surface area contributed by atoms with E-state index in [1.807, 2.05) is 41.8 Å². The van der Waals surface area contributed by atoms with E-state index in [2.05, 4.69) is 21.5 Å². The van der Waals surface area contributed by atoms with E-state index in [4.69, 9.17) is 0 Å². The Morgan fingerprint density at radius 1 is 1.38 bits per heavy atom. The van der Waals surface area contributed by atoms with Gasteiger partial charge in [0.05, 0.1) is 30.0 Å². The summed E-state index contributed by atoms with van der Waals surface area (Å²) in [6.07, 6.45) is 1.70. The highest BCUT2D eigenvalue weighted by atomic mass is 32.1. The highest BCUT2D eigenvalue weighted by molar-refractivity contribution is 7.10. The highest BCUT2D eigenvalue weighted by Crippen LogP contribution is 2.14. The first-order chi connectivity index (χ1) is 11.6. The Balaban J connectivity index is 1.54. The van der Waals surface area contributed by atoms with Gasteiger partial charge in [-0.25, -0.2) is 9.67 Å². The van der Waals surface area contributed by atoms with E-state index in [1.54, 1.807) is 33.6 Å². The zero-order chi connectivity index (χ0) is 16.9. The molecule has 0 spiro atoms. The minimum absolute atomic E-state index is 0.0580. The molecule has 0 aromatic carbocycles. The van der Waals surface area contributed by atoms with Crippen LogP contribution in [0.4, 0.5) is 5.82 Å². The predicted molar refractivity (Wildman–Crippen MR) is 97.5 cm³/mol. The number of carbonyl (C=O) groups is 1. The lowest BCUT2D eigenvalue weighted by Gasteiger charge is -2.15. The average Bonchev–Trinajstić information content (AvgIpc) is 3.24. The number of thiazole rings is 1. The second kappa shape index (κ2) is 7.69. The van der Waals surface area contributed by atoms with Gasteiger partial charge in [0.2, 0.25) is 5.91 Å². The van der Waals surface area contributed by atoms with Crippen LogP contribution in [0.2, 0.25) is 0 Å². The summed E-state index contributed by atoms with van der Waals surface area (Å²) in [5.41, 5.74) is 0.996. The largest absolute Gasteiger partial charge is 0.310 e. The molecule has 3 aromatic rings. The number of aryl methyl sites for hydroxylation is 1. The van der Waals surface area contributed by atoms with Crippen molar-refractivity contribution in [3.05, 3.63) is 50.7 Å². The second-order valence-electron chi connectivity index (χ2n) is 5.53. The molecule has 3 aromatic heterocycles. The number of aromatic nitrogens is 3. The van der Waals surface area contributed by atoms with Gasteiger partial charge < -0.3 is 5.32 Å². The van der Waals surface area contributed by atoms with Crippen molar-refractivity contribution in [1.82, 2.24) is 19.7 Å². The third-order valence-corrected chi connectivity index (χ3v) is 5.07. The Kier molecular flexibility index (Phi) is 5.39. The molecule has 1 amide bonds. The van der Waals surface area contributed by atoms with Crippen molar-refractivity contribution < 1.29 is 4.79 Å². The molecule has 0 atom stereocenters. The lowest BCUT2D eigenvalue weighted by molar-refractivity contribution is -0.117. The van der Waals surface area contributed by atoms with E-state index in [0.29, 0.717) is 25.5 Å². The summed E-state index contributed by atoms with van der Waals surface area (Å²) < 4.78 is 1.80. The van der Waals surface area contributed by atoms with Gasteiger partial charge in [-0.2, -0.15) is 5.10 Å². The van der Waals surface area contributed by atoms with Crippen molar-refractivity contribution in [3.8, 4) is 0 Å². The van der Waals surface area contributed by atoms with Gasteiger partial charge in [-0.1, -0.05) is 6.07 Å². The second-order valence-corrected chi connectivity index (χ2v) is 7.63. The molecule has 0 radical (unpaired) electrons. The Morgan fingerprint density at radius 2 is 2.25 bits per heavy atom. The monoisotopic (exact) mass is 361 g/mol.